The lowest BCUT2D eigenvalue weighted by Crippen LogP contribution is -2.33. The van der Waals surface area contributed by atoms with Crippen LogP contribution >= 0.6 is 34.8 Å². The first-order valence-corrected chi connectivity index (χ1v) is 6.82. The van der Waals surface area contributed by atoms with Gasteiger partial charge in [-0.2, -0.15) is 8.78 Å². The second-order valence-corrected chi connectivity index (χ2v) is 5.32. The van der Waals surface area contributed by atoms with Gasteiger partial charge in [0.2, 0.25) is 0 Å². The smallest absolute Gasteiger partial charge is 0.340 e. The van der Waals surface area contributed by atoms with Crippen molar-refractivity contribution in [2.24, 2.45) is 0 Å². The standard InChI is InChI=1S/C11H11Cl3F4O4/c1-5(8(12)9(13)14)22-7(20)3-2-6(19)21-4-11(17,18)10(15)16/h5,10H,2-4H2,1H3. The molecule has 0 aromatic heterocycles. The summed E-state index contributed by atoms with van der Waals surface area (Å²) in [6, 6.07) is 0. The molecule has 0 saturated carbocycles. The molecular weight excluding hydrogens is 378 g/mol. The average Bonchev–Trinajstić information content (AvgIpc) is 2.41. The van der Waals surface area contributed by atoms with Crippen molar-refractivity contribution in [2.45, 2.75) is 38.2 Å². The molecule has 0 aromatic carbocycles. The van der Waals surface area contributed by atoms with Crippen LogP contribution in [0.3, 0.4) is 0 Å². The molecule has 4 nitrogen and oxygen atoms in total. The van der Waals surface area contributed by atoms with E-state index in [1.165, 1.54) is 6.92 Å². The Bertz CT molecular complexity index is 439. The SMILES string of the molecule is CC(OC(=O)CCC(=O)OCC(F)(F)C(F)F)C(Cl)=C(Cl)Cl. The third-order valence-electron chi connectivity index (χ3n) is 2.12. The summed E-state index contributed by atoms with van der Waals surface area (Å²) in [5, 5.41) is -0.143. The number of alkyl halides is 4. The first kappa shape index (κ1) is 21.3. The van der Waals surface area contributed by atoms with Gasteiger partial charge in [0.05, 0.1) is 17.9 Å². The second kappa shape index (κ2) is 9.42. The van der Waals surface area contributed by atoms with Crippen molar-refractivity contribution in [3.05, 3.63) is 9.52 Å². The van der Waals surface area contributed by atoms with E-state index < -0.39 is 49.8 Å². The maximum atomic E-state index is 12.5. The molecule has 0 amide bonds. The Morgan fingerprint density at radius 3 is 2.05 bits per heavy atom. The van der Waals surface area contributed by atoms with Gasteiger partial charge in [0.15, 0.2) is 6.61 Å². The number of hydrogen-bond acceptors (Lipinski definition) is 4. The Kier molecular flexibility index (Phi) is 9.11. The molecule has 0 fully saturated rings. The van der Waals surface area contributed by atoms with Crippen molar-refractivity contribution >= 4 is 46.7 Å². The van der Waals surface area contributed by atoms with E-state index in [1.807, 2.05) is 0 Å². The first-order chi connectivity index (χ1) is 9.97. The number of rotatable bonds is 8. The monoisotopic (exact) mass is 388 g/mol. The highest BCUT2D eigenvalue weighted by molar-refractivity contribution is 6.59. The van der Waals surface area contributed by atoms with Crippen LogP contribution in [-0.2, 0) is 19.1 Å². The molecule has 0 rings (SSSR count). The average molecular weight is 390 g/mol. The Labute approximate surface area is 138 Å². The Balaban J connectivity index is 4.16. The van der Waals surface area contributed by atoms with Gasteiger partial charge in [-0.15, -0.1) is 0 Å². The third-order valence-corrected chi connectivity index (χ3v) is 3.22. The van der Waals surface area contributed by atoms with Gasteiger partial charge in [-0.1, -0.05) is 34.8 Å². The fraction of sp³-hybridized carbons (Fsp3) is 0.636. The fourth-order valence-electron chi connectivity index (χ4n) is 0.977. The molecule has 0 radical (unpaired) electrons. The predicted octanol–water partition coefficient (Wildman–Crippen LogP) is 4.03. The summed E-state index contributed by atoms with van der Waals surface area (Å²) in [7, 11) is 0. The van der Waals surface area contributed by atoms with E-state index in [1.54, 1.807) is 0 Å². The van der Waals surface area contributed by atoms with E-state index in [0.29, 0.717) is 0 Å². The van der Waals surface area contributed by atoms with Crippen molar-refractivity contribution in [1.29, 1.82) is 0 Å². The Morgan fingerprint density at radius 2 is 1.59 bits per heavy atom. The highest BCUT2D eigenvalue weighted by Gasteiger charge is 2.42. The molecule has 0 bridgehead atoms. The number of carbonyl (C=O) groups is 2. The maximum Gasteiger partial charge on any atom is 0.340 e. The fourth-order valence-corrected chi connectivity index (χ4v) is 1.33. The van der Waals surface area contributed by atoms with Crippen LogP contribution in [0.4, 0.5) is 17.6 Å². The van der Waals surface area contributed by atoms with Crippen LogP contribution in [0.1, 0.15) is 19.8 Å². The molecular formula is C11H11Cl3F4O4. The zero-order valence-electron chi connectivity index (χ0n) is 11.1. The molecule has 128 valence electrons. The summed E-state index contributed by atoms with van der Waals surface area (Å²) in [5.41, 5.74) is 0. The molecule has 11 heteroatoms. The van der Waals surface area contributed by atoms with Gasteiger partial charge in [-0.05, 0) is 6.92 Å². The highest BCUT2D eigenvalue weighted by Crippen LogP contribution is 2.24. The van der Waals surface area contributed by atoms with Crippen molar-refractivity contribution in [3.8, 4) is 0 Å². The van der Waals surface area contributed by atoms with Crippen LogP contribution in [0, 0.1) is 0 Å². The molecule has 22 heavy (non-hydrogen) atoms. The molecule has 0 saturated heterocycles. The number of ether oxygens (including phenoxy) is 2. The van der Waals surface area contributed by atoms with Gasteiger partial charge in [-0.25, -0.2) is 8.78 Å². The van der Waals surface area contributed by atoms with Crippen LogP contribution in [-0.4, -0.2) is 37.0 Å². The summed E-state index contributed by atoms with van der Waals surface area (Å²) >= 11 is 16.3. The summed E-state index contributed by atoms with van der Waals surface area (Å²) in [6.45, 7) is -0.419. The lowest BCUT2D eigenvalue weighted by molar-refractivity contribution is -0.180. The lowest BCUT2D eigenvalue weighted by atomic mass is 10.3. The molecule has 0 N–H and O–H groups in total. The molecule has 0 aliphatic rings. The largest absolute Gasteiger partial charge is 0.459 e. The molecule has 1 unspecified atom stereocenters. The quantitative estimate of drug-likeness (QED) is 0.465. The van der Waals surface area contributed by atoms with Gasteiger partial charge in [0.25, 0.3) is 0 Å². The predicted molar refractivity (Wildman–Crippen MR) is 71.3 cm³/mol. The second-order valence-electron chi connectivity index (χ2n) is 3.96. The van der Waals surface area contributed by atoms with Crippen LogP contribution in [0.2, 0.25) is 0 Å². The van der Waals surface area contributed by atoms with Gasteiger partial charge in [0, 0.05) is 0 Å². The van der Waals surface area contributed by atoms with Crippen molar-refractivity contribution in [2.75, 3.05) is 6.61 Å². The molecule has 0 heterocycles. The van der Waals surface area contributed by atoms with Crippen LogP contribution in [0.5, 0.6) is 0 Å². The molecule has 1 atom stereocenters. The number of hydrogen-bond donors (Lipinski definition) is 0. The normalized spacial score (nSPS) is 12.8. The minimum atomic E-state index is -4.44. The Morgan fingerprint density at radius 1 is 1.09 bits per heavy atom. The summed E-state index contributed by atoms with van der Waals surface area (Å²) in [4.78, 5) is 22.4. The van der Waals surface area contributed by atoms with Crippen LogP contribution in [0.15, 0.2) is 9.52 Å². The maximum absolute atomic E-state index is 12.5. The van der Waals surface area contributed by atoms with E-state index in [0.717, 1.165) is 0 Å². The topological polar surface area (TPSA) is 52.6 Å². The minimum absolute atomic E-state index is 0.143. The number of halogens is 7. The summed E-state index contributed by atoms with van der Waals surface area (Å²) in [5.74, 6) is -6.60. The molecule has 0 aliphatic carbocycles. The van der Waals surface area contributed by atoms with E-state index >= 15 is 0 Å². The molecule has 0 spiro atoms. The van der Waals surface area contributed by atoms with Gasteiger partial charge < -0.3 is 9.47 Å². The van der Waals surface area contributed by atoms with E-state index in [9.17, 15) is 27.2 Å². The number of carbonyl (C=O) groups excluding carboxylic acids is 2. The zero-order valence-corrected chi connectivity index (χ0v) is 13.3. The van der Waals surface area contributed by atoms with Crippen molar-refractivity contribution in [1.82, 2.24) is 0 Å². The van der Waals surface area contributed by atoms with Crippen molar-refractivity contribution in [3.63, 3.8) is 0 Å². The minimum Gasteiger partial charge on any atom is -0.459 e. The Hall–Kier alpha value is -0.730. The van der Waals surface area contributed by atoms with Gasteiger partial charge >= 0.3 is 24.3 Å². The van der Waals surface area contributed by atoms with Gasteiger partial charge in [-0.3, -0.25) is 9.59 Å². The molecule has 0 aromatic rings. The van der Waals surface area contributed by atoms with Crippen LogP contribution < -0.4 is 0 Å². The highest BCUT2D eigenvalue weighted by atomic mass is 35.5. The zero-order chi connectivity index (χ0) is 17.5. The first-order valence-electron chi connectivity index (χ1n) is 5.69. The van der Waals surface area contributed by atoms with E-state index in [4.69, 9.17) is 39.5 Å². The van der Waals surface area contributed by atoms with E-state index in [-0.39, 0.29) is 9.52 Å². The lowest BCUT2D eigenvalue weighted by Gasteiger charge is -2.15. The van der Waals surface area contributed by atoms with Crippen LogP contribution in [0.25, 0.3) is 0 Å². The summed E-state index contributed by atoms with van der Waals surface area (Å²) in [6.07, 6.45) is -6.08. The van der Waals surface area contributed by atoms with E-state index in [2.05, 4.69) is 4.74 Å². The van der Waals surface area contributed by atoms with Crippen molar-refractivity contribution < 1.29 is 36.6 Å². The third kappa shape index (κ3) is 8.05. The van der Waals surface area contributed by atoms with Gasteiger partial charge in [0.1, 0.15) is 10.6 Å². The molecule has 0 aliphatic heterocycles. The summed E-state index contributed by atoms with van der Waals surface area (Å²) < 4.78 is 57.0. The number of esters is 2.